The molecule has 1 aromatic heterocycles. The Kier molecular flexibility index (Phi) is 4.24. The fourth-order valence-corrected chi connectivity index (χ4v) is 3.32. The van der Waals surface area contributed by atoms with E-state index in [0.717, 1.165) is 18.4 Å². The minimum Gasteiger partial charge on any atom is -0.337 e. The van der Waals surface area contributed by atoms with Gasteiger partial charge in [0.25, 0.3) is 5.91 Å². The molecule has 2 aromatic carbocycles. The van der Waals surface area contributed by atoms with Crippen LogP contribution in [-0.2, 0) is 0 Å². The molecular formula is C20H18FN3O2. The number of rotatable bonds is 3. The Morgan fingerprint density at radius 2 is 1.96 bits per heavy atom. The summed E-state index contributed by atoms with van der Waals surface area (Å²) >= 11 is 0. The summed E-state index contributed by atoms with van der Waals surface area (Å²) in [6, 6.07) is 13.2. The van der Waals surface area contributed by atoms with Gasteiger partial charge >= 0.3 is 0 Å². The van der Waals surface area contributed by atoms with Crippen LogP contribution in [0.15, 0.2) is 53.1 Å². The average Bonchev–Trinajstić information content (AvgIpc) is 3.31. The Hall–Kier alpha value is -3.02. The first kappa shape index (κ1) is 16.4. The third-order valence-electron chi connectivity index (χ3n) is 4.72. The summed E-state index contributed by atoms with van der Waals surface area (Å²) in [6.45, 7) is 2.59. The molecule has 6 heteroatoms. The molecule has 4 rings (SSSR count). The summed E-state index contributed by atoms with van der Waals surface area (Å²) in [4.78, 5) is 19.2. The molecule has 0 N–H and O–H groups in total. The summed E-state index contributed by atoms with van der Waals surface area (Å²) in [7, 11) is 0. The highest BCUT2D eigenvalue weighted by molar-refractivity contribution is 5.96. The molecule has 0 aliphatic carbocycles. The highest BCUT2D eigenvalue weighted by atomic mass is 19.1. The van der Waals surface area contributed by atoms with E-state index in [4.69, 9.17) is 4.52 Å². The standard InChI is InChI=1S/C20H18FN3O2/c1-13-5-2-3-6-16(13)20(25)24-12-4-7-17(24)19-22-18(23-26-19)14-8-10-15(21)11-9-14/h2-3,5-6,8-11,17H,4,7,12H2,1H3. The van der Waals surface area contributed by atoms with Crippen molar-refractivity contribution in [2.75, 3.05) is 6.54 Å². The molecule has 3 aromatic rings. The second-order valence-corrected chi connectivity index (χ2v) is 6.43. The number of aromatic nitrogens is 2. The second kappa shape index (κ2) is 6.71. The first-order chi connectivity index (χ1) is 12.6. The minimum atomic E-state index is -0.316. The Morgan fingerprint density at radius 1 is 1.19 bits per heavy atom. The van der Waals surface area contributed by atoms with E-state index in [0.29, 0.717) is 29.4 Å². The quantitative estimate of drug-likeness (QED) is 0.711. The fraction of sp³-hybridized carbons (Fsp3) is 0.250. The Morgan fingerprint density at radius 3 is 2.73 bits per heavy atom. The van der Waals surface area contributed by atoms with Crippen molar-refractivity contribution >= 4 is 5.91 Å². The van der Waals surface area contributed by atoms with E-state index in [2.05, 4.69) is 10.1 Å². The molecule has 0 radical (unpaired) electrons. The molecule has 1 atom stereocenters. The molecule has 1 unspecified atom stereocenters. The van der Waals surface area contributed by atoms with Crippen molar-refractivity contribution in [2.45, 2.75) is 25.8 Å². The van der Waals surface area contributed by atoms with Gasteiger partial charge < -0.3 is 9.42 Å². The zero-order chi connectivity index (χ0) is 18.1. The number of carbonyl (C=O) groups excluding carboxylic acids is 1. The van der Waals surface area contributed by atoms with Crippen LogP contribution in [0.5, 0.6) is 0 Å². The van der Waals surface area contributed by atoms with Crippen LogP contribution in [0.3, 0.4) is 0 Å². The van der Waals surface area contributed by atoms with Crippen molar-refractivity contribution in [3.63, 3.8) is 0 Å². The van der Waals surface area contributed by atoms with Crippen LogP contribution in [-0.4, -0.2) is 27.5 Å². The molecule has 26 heavy (non-hydrogen) atoms. The number of likely N-dealkylation sites (tertiary alicyclic amines) is 1. The molecular weight excluding hydrogens is 333 g/mol. The molecule has 1 amide bonds. The lowest BCUT2D eigenvalue weighted by Crippen LogP contribution is -2.31. The number of halogens is 1. The van der Waals surface area contributed by atoms with E-state index >= 15 is 0 Å². The molecule has 1 aliphatic rings. The van der Waals surface area contributed by atoms with Crippen LogP contribution in [0.1, 0.15) is 40.7 Å². The predicted octanol–water partition coefficient (Wildman–Crippen LogP) is 4.16. The average molecular weight is 351 g/mol. The van der Waals surface area contributed by atoms with Gasteiger partial charge in [0.15, 0.2) is 0 Å². The minimum absolute atomic E-state index is 0.0212. The third kappa shape index (κ3) is 2.98. The van der Waals surface area contributed by atoms with Gasteiger partial charge in [-0.15, -0.1) is 0 Å². The van der Waals surface area contributed by atoms with E-state index in [-0.39, 0.29) is 17.8 Å². The third-order valence-corrected chi connectivity index (χ3v) is 4.72. The van der Waals surface area contributed by atoms with E-state index in [1.54, 1.807) is 17.0 Å². The first-order valence-corrected chi connectivity index (χ1v) is 8.59. The van der Waals surface area contributed by atoms with Gasteiger partial charge in [-0.25, -0.2) is 4.39 Å². The van der Waals surface area contributed by atoms with Crippen molar-refractivity contribution in [3.05, 3.63) is 71.4 Å². The van der Waals surface area contributed by atoms with Crippen LogP contribution in [0.4, 0.5) is 4.39 Å². The van der Waals surface area contributed by atoms with Gasteiger partial charge in [0.05, 0.1) is 0 Å². The lowest BCUT2D eigenvalue weighted by atomic mass is 10.1. The Bertz CT molecular complexity index is 936. The van der Waals surface area contributed by atoms with E-state index in [1.165, 1.54) is 12.1 Å². The van der Waals surface area contributed by atoms with Crippen molar-refractivity contribution < 1.29 is 13.7 Å². The maximum Gasteiger partial charge on any atom is 0.254 e. The number of amides is 1. The SMILES string of the molecule is Cc1ccccc1C(=O)N1CCCC1c1nc(-c2ccc(F)cc2)no1. The van der Waals surface area contributed by atoms with Crippen LogP contribution < -0.4 is 0 Å². The molecule has 0 spiro atoms. The van der Waals surface area contributed by atoms with Gasteiger partial charge in [-0.05, 0) is 55.7 Å². The number of nitrogens with zero attached hydrogens (tertiary/aromatic N) is 3. The van der Waals surface area contributed by atoms with Gasteiger partial charge in [-0.3, -0.25) is 4.79 Å². The molecule has 0 bridgehead atoms. The van der Waals surface area contributed by atoms with E-state index in [9.17, 15) is 9.18 Å². The highest BCUT2D eigenvalue weighted by Gasteiger charge is 2.35. The van der Waals surface area contributed by atoms with Gasteiger partial charge in [-0.1, -0.05) is 23.4 Å². The van der Waals surface area contributed by atoms with E-state index in [1.807, 2.05) is 31.2 Å². The molecule has 0 saturated carbocycles. The Labute approximate surface area is 150 Å². The molecule has 5 nitrogen and oxygen atoms in total. The van der Waals surface area contributed by atoms with E-state index < -0.39 is 0 Å². The smallest absolute Gasteiger partial charge is 0.254 e. The molecule has 1 aliphatic heterocycles. The number of carbonyl (C=O) groups is 1. The maximum absolute atomic E-state index is 13.1. The Balaban J connectivity index is 1.60. The normalized spacial score (nSPS) is 16.8. The van der Waals surface area contributed by atoms with Crippen molar-refractivity contribution in [3.8, 4) is 11.4 Å². The number of benzene rings is 2. The summed E-state index contributed by atoms with van der Waals surface area (Å²) in [5.74, 6) is 0.481. The van der Waals surface area contributed by atoms with Crippen molar-refractivity contribution in [1.29, 1.82) is 0 Å². The van der Waals surface area contributed by atoms with Crippen molar-refractivity contribution in [2.24, 2.45) is 0 Å². The summed E-state index contributed by atoms with van der Waals surface area (Å²) in [6.07, 6.45) is 1.67. The molecule has 1 fully saturated rings. The largest absolute Gasteiger partial charge is 0.337 e. The molecule has 132 valence electrons. The topological polar surface area (TPSA) is 59.2 Å². The summed E-state index contributed by atoms with van der Waals surface area (Å²) in [5, 5.41) is 4.00. The lowest BCUT2D eigenvalue weighted by Gasteiger charge is -2.22. The summed E-state index contributed by atoms with van der Waals surface area (Å²) in [5.41, 5.74) is 2.31. The number of hydrogen-bond acceptors (Lipinski definition) is 4. The van der Waals surface area contributed by atoms with Crippen LogP contribution >= 0.6 is 0 Å². The van der Waals surface area contributed by atoms with Crippen LogP contribution in [0.25, 0.3) is 11.4 Å². The number of aryl methyl sites for hydroxylation is 1. The second-order valence-electron chi connectivity index (χ2n) is 6.43. The summed E-state index contributed by atoms with van der Waals surface area (Å²) < 4.78 is 18.5. The first-order valence-electron chi connectivity index (χ1n) is 8.59. The highest BCUT2D eigenvalue weighted by Crippen LogP contribution is 2.33. The molecule has 2 heterocycles. The molecule has 1 saturated heterocycles. The van der Waals surface area contributed by atoms with Crippen LogP contribution in [0, 0.1) is 12.7 Å². The zero-order valence-electron chi connectivity index (χ0n) is 14.4. The fourth-order valence-electron chi connectivity index (χ4n) is 3.32. The van der Waals surface area contributed by atoms with Gasteiger partial charge in [0.2, 0.25) is 11.7 Å². The van der Waals surface area contributed by atoms with Gasteiger partial charge in [0.1, 0.15) is 11.9 Å². The monoisotopic (exact) mass is 351 g/mol. The van der Waals surface area contributed by atoms with Gasteiger partial charge in [0, 0.05) is 17.7 Å². The number of hydrogen-bond donors (Lipinski definition) is 0. The van der Waals surface area contributed by atoms with Crippen molar-refractivity contribution in [1.82, 2.24) is 15.0 Å². The van der Waals surface area contributed by atoms with Crippen LogP contribution in [0.2, 0.25) is 0 Å². The zero-order valence-corrected chi connectivity index (χ0v) is 14.4. The maximum atomic E-state index is 13.1. The van der Waals surface area contributed by atoms with Gasteiger partial charge in [-0.2, -0.15) is 4.98 Å². The predicted molar refractivity (Wildman–Crippen MR) is 93.9 cm³/mol. The lowest BCUT2D eigenvalue weighted by molar-refractivity contribution is 0.0709.